The quantitative estimate of drug-likeness (QED) is 0.774. The van der Waals surface area contributed by atoms with Crippen molar-refractivity contribution in [3.05, 3.63) is 42.2 Å². The van der Waals surface area contributed by atoms with Crippen molar-refractivity contribution >= 4 is 12.0 Å². The second-order valence-corrected chi connectivity index (χ2v) is 3.98. The topological polar surface area (TPSA) is 98.1 Å². The molecule has 1 aromatic heterocycles. The molecule has 0 saturated carbocycles. The number of hydrogen-bond acceptors (Lipinski definition) is 5. The molecule has 0 aliphatic carbocycles. The fraction of sp³-hybridized carbons (Fsp3) is 0.231. The maximum absolute atomic E-state index is 12.1. The molecule has 0 aliphatic heterocycles. The number of nitrogens with zero attached hydrogens (tertiary/aromatic N) is 3. The van der Waals surface area contributed by atoms with Gasteiger partial charge in [0.15, 0.2) is 0 Å². The maximum Gasteiger partial charge on any atom is 0.406 e. The standard InChI is InChI=1S/C13H15N5O3/c1-14-13(20)21-9-8-15-12(19)10-4-2-3-5-11(10)18-16-6-7-17-18/h2-7H,8-9H2,1H3,(H,14,20)(H,15,19). The Morgan fingerprint density at radius 2 is 1.95 bits per heavy atom. The zero-order chi connectivity index (χ0) is 15.1. The van der Waals surface area contributed by atoms with Crippen molar-refractivity contribution in [2.45, 2.75) is 0 Å². The van der Waals surface area contributed by atoms with E-state index in [4.69, 9.17) is 4.74 Å². The fourth-order valence-electron chi connectivity index (χ4n) is 1.66. The summed E-state index contributed by atoms with van der Waals surface area (Å²) in [6.07, 6.45) is 2.53. The minimum atomic E-state index is -0.537. The molecular weight excluding hydrogens is 274 g/mol. The Bertz CT molecular complexity index is 612. The Labute approximate surface area is 121 Å². The summed E-state index contributed by atoms with van der Waals surface area (Å²) in [6.45, 7) is 0.306. The van der Waals surface area contributed by atoms with Crippen LogP contribution < -0.4 is 10.6 Å². The first-order chi connectivity index (χ1) is 10.2. The van der Waals surface area contributed by atoms with E-state index in [-0.39, 0.29) is 19.1 Å². The number of carbonyl (C=O) groups excluding carboxylic acids is 2. The smallest absolute Gasteiger partial charge is 0.406 e. The first-order valence-corrected chi connectivity index (χ1v) is 6.31. The van der Waals surface area contributed by atoms with Crippen LogP contribution in [0.4, 0.5) is 4.79 Å². The van der Waals surface area contributed by atoms with Gasteiger partial charge in [-0.3, -0.25) is 4.79 Å². The van der Waals surface area contributed by atoms with E-state index in [0.29, 0.717) is 11.3 Å². The van der Waals surface area contributed by atoms with Gasteiger partial charge in [-0.2, -0.15) is 15.0 Å². The van der Waals surface area contributed by atoms with Gasteiger partial charge < -0.3 is 15.4 Å². The second kappa shape index (κ2) is 7.04. The number of alkyl carbamates (subject to hydrolysis) is 1. The van der Waals surface area contributed by atoms with Crippen molar-refractivity contribution in [3.63, 3.8) is 0 Å². The SMILES string of the molecule is CNC(=O)OCCNC(=O)c1ccccc1-n1nccn1. The van der Waals surface area contributed by atoms with E-state index in [9.17, 15) is 9.59 Å². The predicted molar refractivity (Wildman–Crippen MR) is 74.1 cm³/mol. The highest BCUT2D eigenvalue weighted by Gasteiger charge is 2.12. The number of amides is 2. The van der Waals surface area contributed by atoms with Gasteiger partial charge in [0.2, 0.25) is 0 Å². The summed E-state index contributed by atoms with van der Waals surface area (Å²) >= 11 is 0. The third kappa shape index (κ3) is 3.78. The third-order valence-electron chi connectivity index (χ3n) is 2.61. The molecule has 0 bridgehead atoms. The second-order valence-electron chi connectivity index (χ2n) is 3.98. The lowest BCUT2D eigenvalue weighted by molar-refractivity contribution is 0.0934. The van der Waals surface area contributed by atoms with Gasteiger partial charge in [-0.25, -0.2) is 4.79 Å². The highest BCUT2D eigenvalue weighted by atomic mass is 16.5. The zero-order valence-corrected chi connectivity index (χ0v) is 11.4. The molecule has 2 amide bonds. The van der Waals surface area contributed by atoms with Gasteiger partial charge in [0.1, 0.15) is 6.61 Å². The van der Waals surface area contributed by atoms with E-state index in [1.807, 2.05) is 0 Å². The van der Waals surface area contributed by atoms with E-state index in [0.717, 1.165) is 0 Å². The molecule has 0 atom stereocenters. The average molecular weight is 289 g/mol. The number of para-hydroxylation sites is 1. The predicted octanol–water partition coefficient (Wildman–Crippen LogP) is 0.353. The molecule has 0 fully saturated rings. The third-order valence-corrected chi connectivity index (χ3v) is 2.61. The number of nitrogens with one attached hydrogen (secondary N) is 2. The molecule has 0 unspecified atom stereocenters. The molecule has 8 nitrogen and oxygen atoms in total. The highest BCUT2D eigenvalue weighted by molar-refractivity contribution is 5.97. The summed E-state index contributed by atoms with van der Waals surface area (Å²) in [5, 5.41) is 13.0. The zero-order valence-electron chi connectivity index (χ0n) is 11.4. The fourth-order valence-corrected chi connectivity index (χ4v) is 1.66. The maximum atomic E-state index is 12.1. The van der Waals surface area contributed by atoms with Gasteiger partial charge in [-0.1, -0.05) is 12.1 Å². The van der Waals surface area contributed by atoms with Crippen LogP contribution in [-0.4, -0.2) is 47.2 Å². The van der Waals surface area contributed by atoms with Crippen LogP contribution in [0, 0.1) is 0 Å². The molecule has 2 N–H and O–H groups in total. The number of benzene rings is 1. The number of ether oxygens (including phenoxy) is 1. The summed E-state index contributed by atoms with van der Waals surface area (Å²) < 4.78 is 4.79. The minimum Gasteiger partial charge on any atom is -0.448 e. The van der Waals surface area contributed by atoms with Gasteiger partial charge in [0.25, 0.3) is 5.91 Å². The molecule has 2 aromatic rings. The van der Waals surface area contributed by atoms with Crippen LogP contribution in [0.3, 0.4) is 0 Å². The minimum absolute atomic E-state index is 0.0909. The van der Waals surface area contributed by atoms with Crippen LogP contribution in [0.25, 0.3) is 5.69 Å². The van der Waals surface area contributed by atoms with Crippen molar-refractivity contribution in [3.8, 4) is 5.69 Å². The van der Waals surface area contributed by atoms with E-state index >= 15 is 0 Å². The highest BCUT2D eigenvalue weighted by Crippen LogP contribution is 2.11. The first-order valence-electron chi connectivity index (χ1n) is 6.31. The molecule has 0 saturated heterocycles. The molecule has 2 rings (SSSR count). The van der Waals surface area contributed by atoms with Crippen LogP contribution in [0.5, 0.6) is 0 Å². The van der Waals surface area contributed by atoms with Crippen molar-refractivity contribution in [2.24, 2.45) is 0 Å². The van der Waals surface area contributed by atoms with Crippen molar-refractivity contribution < 1.29 is 14.3 Å². The monoisotopic (exact) mass is 289 g/mol. The molecule has 0 radical (unpaired) electrons. The Kier molecular flexibility index (Phi) is 4.86. The van der Waals surface area contributed by atoms with Crippen LogP contribution in [0.2, 0.25) is 0 Å². The van der Waals surface area contributed by atoms with Gasteiger partial charge in [0, 0.05) is 7.05 Å². The van der Waals surface area contributed by atoms with Crippen LogP contribution >= 0.6 is 0 Å². The Morgan fingerprint density at radius 3 is 2.67 bits per heavy atom. The molecule has 1 aromatic carbocycles. The van der Waals surface area contributed by atoms with Crippen molar-refractivity contribution in [2.75, 3.05) is 20.2 Å². The molecule has 110 valence electrons. The van der Waals surface area contributed by atoms with Gasteiger partial charge >= 0.3 is 6.09 Å². The molecular formula is C13H15N5O3. The molecule has 8 heteroatoms. The molecule has 21 heavy (non-hydrogen) atoms. The van der Waals surface area contributed by atoms with Crippen LogP contribution in [0.1, 0.15) is 10.4 Å². The van der Waals surface area contributed by atoms with Gasteiger partial charge in [-0.05, 0) is 12.1 Å². The lowest BCUT2D eigenvalue weighted by Gasteiger charge is -2.09. The summed E-state index contributed by atoms with van der Waals surface area (Å²) in [7, 11) is 1.47. The molecule has 0 spiro atoms. The van der Waals surface area contributed by atoms with Gasteiger partial charge in [0.05, 0.1) is 30.2 Å². The van der Waals surface area contributed by atoms with E-state index < -0.39 is 6.09 Å². The number of hydrogen-bond donors (Lipinski definition) is 2. The summed E-state index contributed by atoms with van der Waals surface area (Å²) in [5.41, 5.74) is 1.01. The van der Waals surface area contributed by atoms with Crippen LogP contribution in [-0.2, 0) is 4.74 Å². The summed E-state index contributed by atoms with van der Waals surface area (Å²) in [6, 6.07) is 6.97. The number of rotatable bonds is 5. The summed E-state index contributed by atoms with van der Waals surface area (Å²) in [5.74, 6) is -0.289. The van der Waals surface area contributed by atoms with Crippen molar-refractivity contribution in [1.82, 2.24) is 25.6 Å². The first kappa shape index (κ1) is 14.5. The average Bonchev–Trinajstić information content (AvgIpc) is 3.05. The number of carbonyl (C=O) groups is 2. The Morgan fingerprint density at radius 1 is 1.24 bits per heavy atom. The number of aromatic nitrogens is 3. The van der Waals surface area contributed by atoms with E-state index in [1.165, 1.54) is 24.2 Å². The lowest BCUT2D eigenvalue weighted by Crippen LogP contribution is -2.30. The normalized spacial score (nSPS) is 9.95. The lowest BCUT2D eigenvalue weighted by atomic mass is 10.1. The summed E-state index contributed by atoms with van der Waals surface area (Å²) in [4.78, 5) is 24.4. The van der Waals surface area contributed by atoms with E-state index in [1.54, 1.807) is 24.3 Å². The van der Waals surface area contributed by atoms with Crippen LogP contribution in [0.15, 0.2) is 36.7 Å². The van der Waals surface area contributed by atoms with Gasteiger partial charge in [-0.15, -0.1) is 0 Å². The Balaban J connectivity index is 1.98. The molecule has 1 heterocycles. The molecule has 0 aliphatic rings. The Hall–Kier alpha value is -2.90. The van der Waals surface area contributed by atoms with E-state index in [2.05, 4.69) is 20.8 Å². The largest absolute Gasteiger partial charge is 0.448 e. The van der Waals surface area contributed by atoms with Crippen molar-refractivity contribution in [1.29, 1.82) is 0 Å².